The van der Waals surface area contributed by atoms with Gasteiger partial charge in [-0.15, -0.1) is 0 Å². The summed E-state index contributed by atoms with van der Waals surface area (Å²) in [7, 11) is 0. The minimum Gasteiger partial charge on any atom is -0.494 e. The van der Waals surface area contributed by atoms with Crippen molar-refractivity contribution in [2.24, 2.45) is 0 Å². The molecule has 6 heteroatoms. The minimum absolute atomic E-state index is 0.0410. The van der Waals surface area contributed by atoms with Crippen LogP contribution in [0.25, 0.3) is 11.3 Å². The first-order valence-corrected chi connectivity index (χ1v) is 10.5. The third-order valence-corrected chi connectivity index (χ3v) is 5.49. The second-order valence-electron chi connectivity index (χ2n) is 6.69. The lowest BCUT2D eigenvalue weighted by Gasteiger charge is -2.11. The number of imidazole rings is 1. The number of nitrogens with one attached hydrogen (secondary N) is 1. The number of amides is 1. The molecule has 0 atom stereocenters. The fourth-order valence-corrected chi connectivity index (χ4v) is 3.93. The molecule has 1 aromatic heterocycles. The first-order chi connectivity index (χ1) is 13.7. The van der Waals surface area contributed by atoms with Crippen molar-refractivity contribution in [3.8, 4) is 17.0 Å². The van der Waals surface area contributed by atoms with Crippen LogP contribution in [0.1, 0.15) is 25.8 Å². The smallest absolute Gasteiger partial charge is 0.234 e. The number of hydrogen-bond acceptors (Lipinski definition) is 4. The highest BCUT2D eigenvalue weighted by atomic mass is 32.2. The van der Waals surface area contributed by atoms with Gasteiger partial charge in [0.15, 0.2) is 5.16 Å². The highest BCUT2D eigenvalue weighted by molar-refractivity contribution is 7.99. The number of thioether (sulfide) groups is 1. The van der Waals surface area contributed by atoms with Crippen LogP contribution in [0.3, 0.4) is 0 Å². The van der Waals surface area contributed by atoms with Crippen LogP contribution in [-0.4, -0.2) is 27.8 Å². The zero-order chi connectivity index (χ0) is 19.3. The normalized spacial score (nSPS) is 13.3. The molecule has 3 aromatic rings. The SMILES string of the molecule is CCOc1ccc(NC(=O)CSc2ncc(-c3ccccc3)n2C2CC2)cc1. The van der Waals surface area contributed by atoms with Crippen molar-refractivity contribution in [2.75, 3.05) is 17.7 Å². The number of anilines is 1. The Morgan fingerprint density at radius 2 is 1.93 bits per heavy atom. The van der Waals surface area contributed by atoms with E-state index in [1.165, 1.54) is 24.6 Å². The van der Waals surface area contributed by atoms with Crippen LogP contribution in [0, 0.1) is 0 Å². The van der Waals surface area contributed by atoms with E-state index in [0.29, 0.717) is 18.4 Å². The van der Waals surface area contributed by atoms with Gasteiger partial charge in [-0.3, -0.25) is 4.79 Å². The van der Waals surface area contributed by atoms with E-state index in [4.69, 9.17) is 4.74 Å². The van der Waals surface area contributed by atoms with E-state index in [1.807, 2.05) is 55.6 Å². The van der Waals surface area contributed by atoms with Crippen LogP contribution in [0.5, 0.6) is 5.75 Å². The lowest BCUT2D eigenvalue weighted by Crippen LogP contribution is -2.14. The van der Waals surface area contributed by atoms with Gasteiger partial charge in [0.05, 0.1) is 24.3 Å². The maximum absolute atomic E-state index is 12.4. The van der Waals surface area contributed by atoms with E-state index in [-0.39, 0.29) is 5.91 Å². The average Bonchev–Trinajstić information content (AvgIpc) is 3.47. The molecule has 144 valence electrons. The number of carbonyl (C=O) groups excluding carboxylic acids is 1. The fraction of sp³-hybridized carbons (Fsp3) is 0.273. The number of rotatable bonds is 8. The summed E-state index contributed by atoms with van der Waals surface area (Å²) in [6.07, 6.45) is 4.25. The van der Waals surface area contributed by atoms with E-state index in [9.17, 15) is 4.79 Å². The molecule has 4 rings (SSSR count). The molecule has 28 heavy (non-hydrogen) atoms. The van der Waals surface area contributed by atoms with Crippen molar-refractivity contribution in [3.63, 3.8) is 0 Å². The number of hydrogen-bond donors (Lipinski definition) is 1. The highest BCUT2D eigenvalue weighted by Crippen LogP contribution is 2.41. The Hall–Kier alpha value is -2.73. The summed E-state index contributed by atoms with van der Waals surface area (Å²) in [4.78, 5) is 17.0. The molecule has 0 bridgehead atoms. The van der Waals surface area contributed by atoms with Gasteiger partial charge in [0.25, 0.3) is 0 Å². The zero-order valence-corrected chi connectivity index (χ0v) is 16.6. The molecule has 1 saturated carbocycles. The van der Waals surface area contributed by atoms with Crippen LogP contribution in [0.15, 0.2) is 66.0 Å². The average molecular weight is 394 g/mol. The van der Waals surface area contributed by atoms with Crippen molar-refractivity contribution < 1.29 is 9.53 Å². The summed E-state index contributed by atoms with van der Waals surface area (Å²) in [6, 6.07) is 18.2. The van der Waals surface area contributed by atoms with E-state index >= 15 is 0 Å². The summed E-state index contributed by atoms with van der Waals surface area (Å²) in [6.45, 7) is 2.57. The molecule has 1 N–H and O–H groups in total. The third-order valence-electron chi connectivity index (χ3n) is 4.53. The van der Waals surface area contributed by atoms with Crippen LogP contribution in [0.4, 0.5) is 5.69 Å². The van der Waals surface area contributed by atoms with Gasteiger partial charge in [0.2, 0.25) is 5.91 Å². The number of benzene rings is 2. The summed E-state index contributed by atoms with van der Waals surface area (Å²) in [5, 5.41) is 3.84. The Kier molecular flexibility index (Phi) is 5.67. The molecule has 0 aliphatic heterocycles. The molecule has 0 unspecified atom stereocenters. The topological polar surface area (TPSA) is 56.1 Å². The van der Waals surface area contributed by atoms with Crippen LogP contribution < -0.4 is 10.1 Å². The molecule has 1 aliphatic carbocycles. The molecular formula is C22H23N3O2S. The molecule has 1 aliphatic rings. The monoisotopic (exact) mass is 393 g/mol. The summed E-state index contributed by atoms with van der Waals surface area (Å²) < 4.78 is 7.71. The molecule has 1 amide bonds. The first-order valence-electron chi connectivity index (χ1n) is 9.52. The molecule has 5 nitrogen and oxygen atoms in total. The first kappa shape index (κ1) is 18.6. The van der Waals surface area contributed by atoms with Crippen LogP contribution >= 0.6 is 11.8 Å². The van der Waals surface area contributed by atoms with E-state index in [1.54, 1.807) is 0 Å². The van der Waals surface area contributed by atoms with Gasteiger partial charge >= 0.3 is 0 Å². The van der Waals surface area contributed by atoms with Crippen molar-refractivity contribution >= 4 is 23.4 Å². The maximum atomic E-state index is 12.4. The van der Waals surface area contributed by atoms with Gasteiger partial charge in [0, 0.05) is 11.7 Å². The predicted octanol–water partition coefficient (Wildman–Crippen LogP) is 5.01. The number of aromatic nitrogens is 2. The van der Waals surface area contributed by atoms with Crippen molar-refractivity contribution in [1.82, 2.24) is 9.55 Å². The van der Waals surface area contributed by atoms with E-state index in [0.717, 1.165) is 27.9 Å². The number of carbonyl (C=O) groups is 1. The Labute approximate surface area is 169 Å². The van der Waals surface area contributed by atoms with Gasteiger partial charge in [-0.1, -0.05) is 42.1 Å². The third kappa shape index (κ3) is 4.39. The summed E-state index contributed by atoms with van der Waals surface area (Å²) in [5.41, 5.74) is 3.05. The van der Waals surface area contributed by atoms with Crippen LogP contribution in [0.2, 0.25) is 0 Å². The minimum atomic E-state index is -0.0410. The van der Waals surface area contributed by atoms with Gasteiger partial charge in [-0.2, -0.15) is 0 Å². The van der Waals surface area contributed by atoms with Crippen LogP contribution in [-0.2, 0) is 4.79 Å². The van der Waals surface area contributed by atoms with Gasteiger partial charge in [-0.05, 0) is 49.6 Å². The highest BCUT2D eigenvalue weighted by Gasteiger charge is 2.29. The van der Waals surface area contributed by atoms with E-state index in [2.05, 4.69) is 27.0 Å². The van der Waals surface area contributed by atoms with Gasteiger partial charge in [0.1, 0.15) is 5.75 Å². The second kappa shape index (κ2) is 8.52. The number of ether oxygens (including phenoxy) is 1. The summed E-state index contributed by atoms with van der Waals surface area (Å²) in [5.74, 6) is 1.08. The second-order valence-corrected chi connectivity index (χ2v) is 7.63. The largest absolute Gasteiger partial charge is 0.494 e. The molecule has 1 heterocycles. The molecule has 0 radical (unpaired) electrons. The molecule has 1 fully saturated rings. The summed E-state index contributed by atoms with van der Waals surface area (Å²) >= 11 is 1.48. The lowest BCUT2D eigenvalue weighted by atomic mass is 10.2. The molecular weight excluding hydrogens is 370 g/mol. The molecule has 2 aromatic carbocycles. The van der Waals surface area contributed by atoms with Crippen molar-refractivity contribution in [3.05, 3.63) is 60.8 Å². The quantitative estimate of drug-likeness (QED) is 0.546. The van der Waals surface area contributed by atoms with Gasteiger partial charge < -0.3 is 14.6 Å². The zero-order valence-electron chi connectivity index (χ0n) is 15.8. The van der Waals surface area contributed by atoms with Crippen molar-refractivity contribution in [2.45, 2.75) is 31.0 Å². The molecule has 0 spiro atoms. The predicted molar refractivity (Wildman–Crippen MR) is 113 cm³/mol. The Morgan fingerprint density at radius 1 is 1.18 bits per heavy atom. The Morgan fingerprint density at radius 3 is 2.61 bits per heavy atom. The Bertz CT molecular complexity index is 934. The van der Waals surface area contributed by atoms with Gasteiger partial charge in [-0.25, -0.2) is 4.98 Å². The van der Waals surface area contributed by atoms with E-state index < -0.39 is 0 Å². The number of nitrogens with zero attached hydrogens (tertiary/aromatic N) is 2. The van der Waals surface area contributed by atoms with Crippen molar-refractivity contribution in [1.29, 1.82) is 0 Å². The Balaban J connectivity index is 1.41. The fourth-order valence-electron chi connectivity index (χ4n) is 3.09. The molecule has 0 saturated heterocycles. The lowest BCUT2D eigenvalue weighted by molar-refractivity contribution is -0.113. The standard InChI is InChI=1S/C22H23N3O2S/c1-2-27-19-12-8-17(9-13-19)24-21(26)15-28-22-23-14-20(25(22)18-10-11-18)16-6-4-3-5-7-16/h3-9,12-14,18H,2,10-11,15H2,1H3,(H,24,26). The maximum Gasteiger partial charge on any atom is 0.234 e.